The highest BCUT2D eigenvalue weighted by Gasteiger charge is 2.62. The highest BCUT2D eigenvalue weighted by atomic mass is 35.5. The summed E-state index contributed by atoms with van der Waals surface area (Å²) in [5, 5.41) is 0.462. The van der Waals surface area contributed by atoms with E-state index < -0.39 is 30.4 Å². The minimum Gasteiger partial charge on any atom is -0.454 e. The summed E-state index contributed by atoms with van der Waals surface area (Å²) < 4.78 is 5.23. The molecule has 0 aromatic heterocycles. The van der Waals surface area contributed by atoms with Gasteiger partial charge < -0.3 is 4.74 Å². The number of hydrazine groups is 1. The van der Waals surface area contributed by atoms with Crippen LogP contribution in [0.2, 0.25) is 5.02 Å². The number of nitrogens with one attached hydrogen (secondary N) is 2. The average molecular weight is 524 g/mol. The fourth-order valence-electron chi connectivity index (χ4n) is 5.93. The van der Waals surface area contributed by atoms with Crippen molar-refractivity contribution in [3.63, 3.8) is 0 Å². The fraction of sp³-hybridized carbons (Fsp3) is 0.370. The van der Waals surface area contributed by atoms with Gasteiger partial charge in [0.2, 0.25) is 11.8 Å². The van der Waals surface area contributed by atoms with Crippen LogP contribution in [0.15, 0.2) is 54.6 Å². The van der Waals surface area contributed by atoms with Crippen LogP contribution in [0.1, 0.15) is 35.2 Å². The van der Waals surface area contributed by atoms with E-state index in [0.29, 0.717) is 5.02 Å². The zero-order valence-corrected chi connectivity index (χ0v) is 20.6. The van der Waals surface area contributed by atoms with E-state index in [-0.39, 0.29) is 47.5 Å². The van der Waals surface area contributed by atoms with Crippen molar-refractivity contribution in [2.45, 2.75) is 31.7 Å². The number of hydrogen-bond acceptors (Lipinski definition) is 6. The van der Waals surface area contributed by atoms with E-state index in [1.165, 1.54) is 24.3 Å². The first-order chi connectivity index (χ1) is 17.8. The van der Waals surface area contributed by atoms with Crippen LogP contribution in [0.5, 0.6) is 0 Å². The van der Waals surface area contributed by atoms with Crippen molar-refractivity contribution in [3.8, 4) is 0 Å². The number of nitrogens with zero attached hydrogens (tertiary/aromatic N) is 1. The second-order valence-electron chi connectivity index (χ2n) is 9.75. The van der Waals surface area contributed by atoms with Crippen LogP contribution >= 0.6 is 11.6 Å². The first-order valence-corrected chi connectivity index (χ1v) is 12.6. The minimum atomic E-state index is -1.18. The van der Waals surface area contributed by atoms with Crippen molar-refractivity contribution in [2.75, 3.05) is 6.61 Å². The summed E-state index contributed by atoms with van der Waals surface area (Å²) in [6.45, 7) is -0.695. The Morgan fingerprint density at radius 2 is 1.54 bits per heavy atom. The number of benzene rings is 2. The third-order valence-electron chi connectivity index (χ3n) is 7.58. The van der Waals surface area contributed by atoms with Gasteiger partial charge in [0, 0.05) is 17.0 Å². The van der Waals surface area contributed by atoms with E-state index in [4.69, 9.17) is 16.3 Å². The fourth-order valence-corrected chi connectivity index (χ4v) is 6.05. The van der Waals surface area contributed by atoms with Gasteiger partial charge in [0.1, 0.15) is 6.04 Å². The second kappa shape index (κ2) is 10.3. The van der Waals surface area contributed by atoms with Gasteiger partial charge >= 0.3 is 5.97 Å². The molecule has 192 valence electrons. The Hall–Kier alpha value is -3.72. The Balaban J connectivity index is 1.24. The van der Waals surface area contributed by atoms with Gasteiger partial charge in [0.05, 0.1) is 11.8 Å². The molecule has 2 aromatic rings. The van der Waals surface area contributed by atoms with Crippen molar-refractivity contribution in [1.82, 2.24) is 15.8 Å². The number of rotatable bonds is 7. The van der Waals surface area contributed by atoms with E-state index in [9.17, 15) is 24.0 Å². The van der Waals surface area contributed by atoms with Crippen molar-refractivity contribution in [1.29, 1.82) is 0 Å². The number of carbonyl (C=O) groups is 5. The lowest BCUT2D eigenvalue weighted by Gasteiger charge is -2.26. The van der Waals surface area contributed by atoms with E-state index in [2.05, 4.69) is 10.9 Å². The molecule has 0 spiro atoms. The molecule has 5 atom stereocenters. The Morgan fingerprint density at radius 3 is 2.16 bits per heavy atom. The standard InChI is InChI=1S/C27H26ClN3O6/c28-19-10-8-16(9-11-19)24(33)30-29-21(32)14-37-27(36)20(12-15-4-2-1-3-5-15)31-25(34)22-17-6-7-18(13-17)23(22)26(31)35/h1-5,8-11,17-18,20,22-23H,6-7,12-14H2,(H,29,32)(H,30,33)/t17-,18-,20-,22+,23+/m0/s1. The molecule has 2 N–H and O–H groups in total. The molecule has 5 rings (SSSR count). The summed E-state index contributed by atoms with van der Waals surface area (Å²) in [5.74, 6) is -3.22. The largest absolute Gasteiger partial charge is 0.454 e. The van der Waals surface area contributed by atoms with Gasteiger partial charge in [-0.25, -0.2) is 4.79 Å². The number of hydrogen-bond donors (Lipinski definition) is 2. The van der Waals surface area contributed by atoms with Gasteiger partial charge in [-0.05, 0) is 60.9 Å². The molecule has 1 heterocycles. The number of likely N-dealkylation sites (tertiary alicyclic amines) is 1. The molecular formula is C27H26ClN3O6. The maximum absolute atomic E-state index is 13.4. The molecule has 10 heteroatoms. The Morgan fingerprint density at radius 1 is 0.919 bits per heavy atom. The van der Waals surface area contributed by atoms with Crippen molar-refractivity contribution in [2.24, 2.45) is 23.7 Å². The summed E-state index contributed by atoms with van der Waals surface area (Å²) in [7, 11) is 0. The van der Waals surface area contributed by atoms with E-state index >= 15 is 0 Å². The van der Waals surface area contributed by atoms with Gasteiger partial charge in [-0.15, -0.1) is 0 Å². The molecule has 3 fully saturated rings. The molecule has 2 aliphatic carbocycles. The number of ether oxygens (including phenoxy) is 1. The number of amides is 4. The normalized spacial score (nSPS) is 24.5. The van der Waals surface area contributed by atoms with Crippen molar-refractivity contribution in [3.05, 3.63) is 70.7 Å². The highest BCUT2D eigenvalue weighted by Crippen LogP contribution is 2.56. The molecule has 3 aliphatic rings. The molecule has 2 bridgehead atoms. The van der Waals surface area contributed by atoms with Crippen molar-refractivity contribution < 1.29 is 28.7 Å². The molecule has 37 heavy (non-hydrogen) atoms. The topological polar surface area (TPSA) is 122 Å². The van der Waals surface area contributed by atoms with Crippen LogP contribution in [0.4, 0.5) is 0 Å². The summed E-state index contributed by atoms with van der Waals surface area (Å²) >= 11 is 5.81. The lowest BCUT2D eigenvalue weighted by molar-refractivity contribution is -0.160. The third-order valence-corrected chi connectivity index (χ3v) is 7.84. The van der Waals surface area contributed by atoms with E-state index in [0.717, 1.165) is 29.7 Å². The average Bonchev–Trinajstić information content (AvgIpc) is 3.59. The van der Waals surface area contributed by atoms with Gasteiger partial charge in [0.25, 0.3) is 11.8 Å². The molecule has 1 aliphatic heterocycles. The van der Waals surface area contributed by atoms with Crippen LogP contribution in [0.3, 0.4) is 0 Å². The molecular weight excluding hydrogens is 498 g/mol. The molecule has 0 unspecified atom stereocenters. The molecule has 9 nitrogen and oxygen atoms in total. The van der Waals surface area contributed by atoms with E-state index in [1.807, 2.05) is 6.07 Å². The SMILES string of the molecule is O=C(COC(=O)[C@H](Cc1ccccc1)N1C(=O)[C@@H]2[C@H]3CC[C@@H](C3)[C@H]2C1=O)NNC(=O)c1ccc(Cl)cc1. The third kappa shape index (κ3) is 4.96. The maximum Gasteiger partial charge on any atom is 0.330 e. The number of fused-ring (bicyclic) bond motifs is 5. The van der Waals surface area contributed by atoms with Crippen LogP contribution in [-0.2, 0) is 30.3 Å². The van der Waals surface area contributed by atoms with Crippen LogP contribution < -0.4 is 10.9 Å². The predicted octanol–water partition coefficient (Wildman–Crippen LogP) is 2.29. The number of carbonyl (C=O) groups excluding carboxylic acids is 5. The highest BCUT2D eigenvalue weighted by molar-refractivity contribution is 6.30. The smallest absolute Gasteiger partial charge is 0.330 e. The quantitative estimate of drug-likeness (QED) is 0.326. The van der Waals surface area contributed by atoms with Gasteiger partial charge in [-0.2, -0.15) is 0 Å². The van der Waals surface area contributed by atoms with E-state index in [1.54, 1.807) is 24.3 Å². The molecule has 2 saturated carbocycles. The number of imide groups is 1. The molecule has 0 radical (unpaired) electrons. The Bertz CT molecular complexity index is 1210. The summed E-state index contributed by atoms with van der Waals surface area (Å²) in [6.07, 6.45) is 2.82. The van der Waals surface area contributed by atoms with Crippen LogP contribution in [-0.4, -0.2) is 47.1 Å². The Labute approximate surface area is 218 Å². The lowest BCUT2D eigenvalue weighted by atomic mass is 9.81. The van der Waals surface area contributed by atoms with Crippen LogP contribution in [0, 0.1) is 23.7 Å². The zero-order valence-electron chi connectivity index (χ0n) is 19.9. The second-order valence-corrected chi connectivity index (χ2v) is 10.2. The predicted molar refractivity (Wildman–Crippen MR) is 132 cm³/mol. The minimum absolute atomic E-state index is 0.0842. The molecule has 2 aromatic carbocycles. The lowest BCUT2D eigenvalue weighted by Crippen LogP contribution is -2.49. The summed E-state index contributed by atoms with van der Waals surface area (Å²) in [4.78, 5) is 65.4. The molecule has 1 saturated heterocycles. The summed E-state index contributed by atoms with van der Waals surface area (Å²) in [6, 6.07) is 13.9. The summed E-state index contributed by atoms with van der Waals surface area (Å²) in [5.41, 5.74) is 5.44. The molecule has 4 amide bonds. The van der Waals surface area contributed by atoms with Gasteiger partial charge in [-0.3, -0.25) is 34.9 Å². The van der Waals surface area contributed by atoms with Crippen LogP contribution in [0.25, 0.3) is 0 Å². The number of esters is 1. The van der Waals surface area contributed by atoms with Gasteiger partial charge in [-0.1, -0.05) is 41.9 Å². The maximum atomic E-state index is 13.4. The van der Waals surface area contributed by atoms with Crippen molar-refractivity contribution >= 4 is 41.2 Å². The number of halogens is 1. The Kier molecular flexibility index (Phi) is 6.97. The monoisotopic (exact) mass is 523 g/mol. The first kappa shape index (κ1) is 25.0. The van der Waals surface area contributed by atoms with Gasteiger partial charge in [0.15, 0.2) is 6.61 Å². The first-order valence-electron chi connectivity index (χ1n) is 12.3. The zero-order chi connectivity index (χ0) is 26.1.